The van der Waals surface area contributed by atoms with Gasteiger partial charge in [0.2, 0.25) is 0 Å². The summed E-state index contributed by atoms with van der Waals surface area (Å²) in [4.78, 5) is 11.2. The first-order valence-electron chi connectivity index (χ1n) is 6.59. The second-order valence-electron chi connectivity index (χ2n) is 5.15. The van der Waals surface area contributed by atoms with E-state index in [1.165, 1.54) is 26.1 Å². The van der Waals surface area contributed by atoms with Crippen molar-refractivity contribution in [2.24, 2.45) is 11.8 Å². The molecule has 0 amide bonds. The van der Waals surface area contributed by atoms with Gasteiger partial charge in [-0.25, -0.2) is 9.97 Å². The molecule has 3 heterocycles. The van der Waals surface area contributed by atoms with Crippen LogP contribution in [0.15, 0.2) is 18.5 Å². The van der Waals surface area contributed by atoms with Gasteiger partial charge in [-0.05, 0) is 37.4 Å². The normalized spacial score (nSPS) is 32.9. The summed E-state index contributed by atoms with van der Waals surface area (Å²) in [7, 11) is 0. The van der Waals surface area contributed by atoms with E-state index in [-0.39, 0.29) is 0 Å². The van der Waals surface area contributed by atoms with Gasteiger partial charge in [0.1, 0.15) is 5.82 Å². The van der Waals surface area contributed by atoms with Crippen LogP contribution in [-0.2, 0) is 6.54 Å². The Kier molecular flexibility index (Phi) is 3.07. The van der Waals surface area contributed by atoms with Gasteiger partial charge in [0.25, 0.3) is 0 Å². The van der Waals surface area contributed by atoms with Crippen molar-refractivity contribution in [1.29, 1.82) is 0 Å². The van der Waals surface area contributed by atoms with Crippen molar-refractivity contribution in [3.05, 3.63) is 24.3 Å². The van der Waals surface area contributed by atoms with Crippen LogP contribution in [0.3, 0.4) is 0 Å². The van der Waals surface area contributed by atoms with Crippen LogP contribution in [0.25, 0.3) is 0 Å². The van der Waals surface area contributed by atoms with E-state index >= 15 is 0 Å². The topological polar surface area (TPSA) is 41.0 Å². The molecule has 0 radical (unpaired) electrons. The van der Waals surface area contributed by atoms with Crippen LogP contribution in [0.4, 0.5) is 0 Å². The molecule has 0 aliphatic carbocycles. The van der Waals surface area contributed by atoms with E-state index in [2.05, 4.69) is 27.1 Å². The standard InChI is InChI=1S/C13H20N4/c1-2-12-11-7-14-6-10(11)8-17(12)9-13-15-4-3-5-16-13/h3-5,10-12,14H,2,6-9H2,1H3. The molecule has 1 aromatic heterocycles. The highest BCUT2D eigenvalue weighted by Crippen LogP contribution is 2.34. The predicted octanol–water partition coefficient (Wildman–Crippen LogP) is 0.906. The molecule has 2 aliphatic rings. The average Bonchev–Trinajstić information content (AvgIpc) is 2.90. The Hall–Kier alpha value is -1.00. The van der Waals surface area contributed by atoms with Crippen LogP contribution in [-0.4, -0.2) is 40.5 Å². The molecule has 1 N–H and O–H groups in total. The third-order valence-electron chi connectivity index (χ3n) is 4.21. The zero-order valence-corrected chi connectivity index (χ0v) is 10.3. The SMILES string of the molecule is CCC1C2CNCC2CN1Cc1ncccn1. The minimum absolute atomic E-state index is 0.707. The lowest BCUT2D eigenvalue weighted by Gasteiger charge is -2.25. The zero-order valence-electron chi connectivity index (χ0n) is 10.3. The molecular weight excluding hydrogens is 212 g/mol. The first-order chi connectivity index (χ1) is 8.38. The summed E-state index contributed by atoms with van der Waals surface area (Å²) in [6.45, 7) is 6.79. The number of fused-ring (bicyclic) bond motifs is 1. The number of nitrogens with one attached hydrogen (secondary N) is 1. The van der Waals surface area contributed by atoms with Crippen LogP contribution < -0.4 is 5.32 Å². The summed E-state index contributed by atoms with van der Waals surface area (Å²) in [5.74, 6) is 2.63. The van der Waals surface area contributed by atoms with Gasteiger partial charge in [-0.15, -0.1) is 0 Å². The average molecular weight is 232 g/mol. The molecule has 2 aliphatic heterocycles. The molecular formula is C13H20N4. The molecule has 3 atom stereocenters. The van der Waals surface area contributed by atoms with E-state index in [4.69, 9.17) is 0 Å². The summed E-state index contributed by atoms with van der Waals surface area (Å²) in [5, 5.41) is 3.52. The highest BCUT2D eigenvalue weighted by Gasteiger charge is 2.43. The lowest BCUT2D eigenvalue weighted by molar-refractivity contribution is 0.205. The van der Waals surface area contributed by atoms with Crippen molar-refractivity contribution >= 4 is 0 Å². The Bertz CT molecular complexity index is 367. The second kappa shape index (κ2) is 4.70. The number of aromatic nitrogens is 2. The minimum atomic E-state index is 0.707. The molecule has 3 unspecified atom stereocenters. The maximum Gasteiger partial charge on any atom is 0.142 e. The number of likely N-dealkylation sites (tertiary alicyclic amines) is 1. The fraction of sp³-hybridized carbons (Fsp3) is 0.692. The molecule has 4 heteroatoms. The van der Waals surface area contributed by atoms with Crippen molar-refractivity contribution in [3.8, 4) is 0 Å². The van der Waals surface area contributed by atoms with Crippen LogP contribution >= 0.6 is 0 Å². The maximum absolute atomic E-state index is 4.34. The van der Waals surface area contributed by atoms with Gasteiger partial charge in [0, 0.05) is 25.0 Å². The smallest absolute Gasteiger partial charge is 0.142 e. The predicted molar refractivity (Wildman–Crippen MR) is 66.4 cm³/mol. The van der Waals surface area contributed by atoms with E-state index in [1.807, 2.05) is 18.5 Å². The Balaban J connectivity index is 1.71. The number of hydrogen-bond donors (Lipinski definition) is 1. The molecule has 1 aromatic rings. The highest BCUT2D eigenvalue weighted by molar-refractivity contribution is 5.00. The zero-order chi connectivity index (χ0) is 11.7. The van der Waals surface area contributed by atoms with Crippen molar-refractivity contribution in [2.45, 2.75) is 25.9 Å². The summed E-state index contributed by atoms with van der Waals surface area (Å²) in [6, 6.07) is 2.59. The molecule has 0 aromatic carbocycles. The molecule has 92 valence electrons. The van der Waals surface area contributed by atoms with Gasteiger partial charge in [-0.2, -0.15) is 0 Å². The van der Waals surface area contributed by atoms with Crippen molar-refractivity contribution < 1.29 is 0 Å². The van der Waals surface area contributed by atoms with Gasteiger partial charge >= 0.3 is 0 Å². The van der Waals surface area contributed by atoms with Crippen LogP contribution in [0.1, 0.15) is 19.2 Å². The van der Waals surface area contributed by atoms with Crippen LogP contribution in [0.5, 0.6) is 0 Å². The third kappa shape index (κ3) is 2.07. The maximum atomic E-state index is 4.34. The van der Waals surface area contributed by atoms with Gasteiger partial charge in [0.05, 0.1) is 6.54 Å². The van der Waals surface area contributed by atoms with Crippen molar-refractivity contribution in [3.63, 3.8) is 0 Å². The van der Waals surface area contributed by atoms with E-state index < -0.39 is 0 Å². The Morgan fingerprint density at radius 2 is 2.18 bits per heavy atom. The molecule has 17 heavy (non-hydrogen) atoms. The number of nitrogens with zero attached hydrogens (tertiary/aromatic N) is 3. The Morgan fingerprint density at radius 3 is 2.94 bits per heavy atom. The first kappa shape index (κ1) is 11.1. The first-order valence-corrected chi connectivity index (χ1v) is 6.59. The second-order valence-corrected chi connectivity index (χ2v) is 5.15. The van der Waals surface area contributed by atoms with Crippen LogP contribution in [0, 0.1) is 11.8 Å². The monoisotopic (exact) mass is 232 g/mol. The van der Waals surface area contributed by atoms with Gasteiger partial charge in [-0.1, -0.05) is 6.92 Å². The summed E-state index contributed by atoms with van der Waals surface area (Å²) >= 11 is 0. The van der Waals surface area contributed by atoms with Gasteiger partial charge in [-0.3, -0.25) is 4.90 Å². The molecule has 0 bridgehead atoms. The van der Waals surface area contributed by atoms with Gasteiger partial charge < -0.3 is 5.32 Å². The van der Waals surface area contributed by atoms with E-state index in [9.17, 15) is 0 Å². The number of hydrogen-bond acceptors (Lipinski definition) is 4. The lowest BCUT2D eigenvalue weighted by atomic mass is 9.93. The Labute approximate surface area is 102 Å². The van der Waals surface area contributed by atoms with Crippen molar-refractivity contribution in [1.82, 2.24) is 20.2 Å². The molecule has 2 saturated heterocycles. The molecule has 3 rings (SSSR count). The molecule has 2 fully saturated rings. The lowest BCUT2D eigenvalue weighted by Crippen LogP contribution is -2.35. The fourth-order valence-electron chi connectivity index (χ4n) is 3.45. The van der Waals surface area contributed by atoms with Crippen LogP contribution in [0.2, 0.25) is 0 Å². The highest BCUT2D eigenvalue weighted by atomic mass is 15.2. The largest absolute Gasteiger partial charge is 0.316 e. The van der Waals surface area contributed by atoms with Gasteiger partial charge in [0.15, 0.2) is 0 Å². The molecule has 0 saturated carbocycles. The quantitative estimate of drug-likeness (QED) is 0.841. The summed E-state index contributed by atoms with van der Waals surface area (Å²) in [5.41, 5.74) is 0. The third-order valence-corrected chi connectivity index (χ3v) is 4.21. The summed E-state index contributed by atoms with van der Waals surface area (Å²) < 4.78 is 0. The summed E-state index contributed by atoms with van der Waals surface area (Å²) in [6.07, 6.45) is 4.90. The molecule has 4 nitrogen and oxygen atoms in total. The fourth-order valence-corrected chi connectivity index (χ4v) is 3.45. The minimum Gasteiger partial charge on any atom is -0.316 e. The van der Waals surface area contributed by atoms with Crippen molar-refractivity contribution in [2.75, 3.05) is 19.6 Å². The molecule has 0 spiro atoms. The van der Waals surface area contributed by atoms with E-state index in [1.54, 1.807) is 0 Å². The number of rotatable bonds is 3. The van der Waals surface area contributed by atoms with E-state index in [0.717, 1.165) is 24.2 Å². The Morgan fingerprint density at radius 1 is 1.35 bits per heavy atom. The van der Waals surface area contributed by atoms with E-state index in [0.29, 0.717) is 6.04 Å².